The number of nitrogens with one attached hydrogen (secondary N) is 2. The molecule has 6 heteroatoms. The summed E-state index contributed by atoms with van der Waals surface area (Å²) in [6, 6.07) is 6.94. The molecule has 0 spiro atoms. The Kier molecular flexibility index (Phi) is 11.0. The van der Waals surface area contributed by atoms with Gasteiger partial charge >= 0.3 is 0 Å². The molecular formula is C24H42N4O2. The molecule has 0 amide bonds. The predicted molar refractivity (Wildman–Crippen MR) is 125 cm³/mol. The Hall–Kier alpha value is -1.79. The van der Waals surface area contributed by atoms with E-state index in [9.17, 15) is 0 Å². The number of unbranched alkanes of at least 4 members (excludes halogenated alkanes) is 1. The van der Waals surface area contributed by atoms with Gasteiger partial charge < -0.3 is 25.0 Å². The molecule has 1 fully saturated rings. The molecule has 2 N–H and O–H groups in total. The highest BCUT2D eigenvalue weighted by molar-refractivity contribution is 5.79. The van der Waals surface area contributed by atoms with Crippen LogP contribution < -0.4 is 15.4 Å². The van der Waals surface area contributed by atoms with Crippen molar-refractivity contribution >= 4 is 5.96 Å². The number of benzene rings is 1. The zero-order chi connectivity index (χ0) is 21.8. The van der Waals surface area contributed by atoms with Crippen LogP contribution in [0.4, 0.5) is 0 Å². The summed E-state index contributed by atoms with van der Waals surface area (Å²) < 4.78 is 11.8. The van der Waals surface area contributed by atoms with E-state index in [-0.39, 0.29) is 6.10 Å². The molecule has 1 aliphatic heterocycles. The predicted octanol–water partition coefficient (Wildman–Crippen LogP) is 3.73. The molecule has 2 rings (SSSR count). The fraction of sp³-hybridized carbons (Fsp3) is 0.708. The van der Waals surface area contributed by atoms with Crippen LogP contribution in [-0.4, -0.2) is 62.9 Å². The van der Waals surface area contributed by atoms with Gasteiger partial charge in [0.1, 0.15) is 12.4 Å². The SMILES string of the molecule is CCNC(=NCc1ccc(C)cc1OCC1CCCO1)NCCCCN(C)C(C)C. The van der Waals surface area contributed by atoms with Gasteiger partial charge in [-0.2, -0.15) is 0 Å². The molecule has 1 saturated heterocycles. The minimum Gasteiger partial charge on any atom is -0.491 e. The second kappa shape index (κ2) is 13.5. The minimum atomic E-state index is 0.218. The summed E-state index contributed by atoms with van der Waals surface area (Å²) in [6.07, 6.45) is 4.74. The Labute approximate surface area is 183 Å². The van der Waals surface area contributed by atoms with Crippen LogP contribution in [0.5, 0.6) is 5.75 Å². The maximum absolute atomic E-state index is 6.11. The van der Waals surface area contributed by atoms with Crippen LogP contribution in [0.15, 0.2) is 23.2 Å². The van der Waals surface area contributed by atoms with E-state index in [1.54, 1.807) is 0 Å². The Bertz CT molecular complexity index is 642. The van der Waals surface area contributed by atoms with Crippen LogP contribution in [-0.2, 0) is 11.3 Å². The average Bonchev–Trinajstić information content (AvgIpc) is 3.24. The van der Waals surface area contributed by atoms with E-state index in [0.29, 0.717) is 19.2 Å². The number of aryl methyl sites for hydroxylation is 1. The summed E-state index contributed by atoms with van der Waals surface area (Å²) in [5.74, 6) is 1.78. The molecule has 1 atom stereocenters. The maximum Gasteiger partial charge on any atom is 0.191 e. The van der Waals surface area contributed by atoms with Crippen molar-refractivity contribution in [1.82, 2.24) is 15.5 Å². The Morgan fingerprint density at radius 2 is 2.13 bits per heavy atom. The number of aliphatic imine (C=N–C) groups is 1. The van der Waals surface area contributed by atoms with Crippen LogP contribution in [0.25, 0.3) is 0 Å². The minimum absolute atomic E-state index is 0.218. The van der Waals surface area contributed by atoms with Gasteiger partial charge in [0.05, 0.1) is 12.6 Å². The zero-order valence-corrected chi connectivity index (χ0v) is 19.7. The molecule has 0 aliphatic carbocycles. The molecule has 6 nitrogen and oxygen atoms in total. The molecule has 0 bridgehead atoms. The second-order valence-corrected chi connectivity index (χ2v) is 8.46. The average molecular weight is 419 g/mol. The van der Waals surface area contributed by atoms with Crippen molar-refractivity contribution in [2.75, 3.05) is 39.9 Å². The lowest BCUT2D eigenvalue weighted by molar-refractivity contribution is 0.0676. The van der Waals surface area contributed by atoms with Crippen molar-refractivity contribution in [3.63, 3.8) is 0 Å². The van der Waals surface area contributed by atoms with Gasteiger partial charge in [-0.25, -0.2) is 4.99 Å². The monoisotopic (exact) mass is 418 g/mol. The van der Waals surface area contributed by atoms with Crippen molar-refractivity contribution in [2.24, 2.45) is 4.99 Å². The maximum atomic E-state index is 6.11. The quantitative estimate of drug-likeness (QED) is 0.308. The van der Waals surface area contributed by atoms with Gasteiger partial charge in [-0.1, -0.05) is 12.1 Å². The first-order valence-corrected chi connectivity index (χ1v) is 11.6. The van der Waals surface area contributed by atoms with Crippen molar-refractivity contribution in [3.8, 4) is 5.75 Å². The first kappa shape index (κ1) is 24.5. The summed E-state index contributed by atoms with van der Waals surface area (Å²) in [4.78, 5) is 7.17. The Morgan fingerprint density at radius 1 is 1.30 bits per heavy atom. The number of nitrogens with zero attached hydrogens (tertiary/aromatic N) is 2. The van der Waals surface area contributed by atoms with Gasteiger partial charge in [0.15, 0.2) is 5.96 Å². The second-order valence-electron chi connectivity index (χ2n) is 8.46. The molecule has 1 unspecified atom stereocenters. The third-order valence-corrected chi connectivity index (χ3v) is 5.53. The molecule has 0 aromatic heterocycles. The molecule has 1 aliphatic rings. The molecule has 0 radical (unpaired) electrons. The summed E-state index contributed by atoms with van der Waals surface area (Å²) in [5, 5.41) is 6.81. The first-order valence-electron chi connectivity index (χ1n) is 11.6. The highest BCUT2D eigenvalue weighted by Crippen LogP contribution is 2.23. The number of hydrogen-bond acceptors (Lipinski definition) is 4. The van der Waals surface area contributed by atoms with E-state index in [0.717, 1.165) is 62.8 Å². The third kappa shape index (κ3) is 8.92. The molecule has 1 heterocycles. The van der Waals surface area contributed by atoms with Gasteiger partial charge in [0.2, 0.25) is 0 Å². The van der Waals surface area contributed by atoms with Crippen LogP contribution in [0.3, 0.4) is 0 Å². The van der Waals surface area contributed by atoms with Gasteiger partial charge in [-0.05, 0) is 78.6 Å². The number of guanidine groups is 1. The van der Waals surface area contributed by atoms with Crippen molar-refractivity contribution in [2.45, 2.75) is 72.1 Å². The van der Waals surface area contributed by atoms with E-state index in [1.807, 2.05) is 0 Å². The van der Waals surface area contributed by atoms with E-state index in [4.69, 9.17) is 14.5 Å². The molecule has 170 valence electrons. The van der Waals surface area contributed by atoms with Crippen LogP contribution in [0.1, 0.15) is 57.6 Å². The largest absolute Gasteiger partial charge is 0.491 e. The summed E-state index contributed by atoms with van der Waals surface area (Å²) >= 11 is 0. The smallest absolute Gasteiger partial charge is 0.191 e. The van der Waals surface area contributed by atoms with Crippen LogP contribution in [0.2, 0.25) is 0 Å². The Morgan fingerprint density at radius 3 is 2.83 bits per heavy atom. The molecule has 1 aromatic rings. The van der Waals surface area contributed by atoms with Crippen LogP contribution >= 0.6 is 0 Å². The van der Waals surface area contributed by atoms with E-state index in [2.05, 4.69) is 68.5 Å². The molecule has 1 aromatic carbocycles. The van der Waals surface area contributed by atoms with Crippen molar-refractivity contribution in [3.05, 3.63) is 29.3 Å². The standard InChI is InChI=1S/C24H42N4O2/c1-6-25-24(26-13-7-8-14-28(5)19(2)3)27-17-21-12-11-20(4)16-23(21)30-18-22-10-9-15-29-22/h11-12,16,19,22H,6-10,13-15,17-18H2,1-5H3,(H2,25,26,27). The van der Waals surface area contributed by atoms with E-state index >= 15 is 0 Å². The summed E-state index contributed by atoms with van der Waals surface area (Å²) in [6.45, 7) is 13.6. The Balaban J connectivity index is 1.86. The molecular weight excluding hydrogens is 376 g/mol. The normalized spacial score (nSPS) is 17.0. The van der Waals surface area contributed by atoms with Gasteiger partial charge in [-0.3, -0.25) is 0 Å². The number of hydrogen-bond donors (Lipinski definition) is 2. The lowest BCUT2D eigenvalue weighted by Gasteiger charge is -2.20. The fourth-order valence-electron chi connectivity index (χ4n) is 3.34. The fourth-order valence-corrected chi connectivity index (χ4v) is 3.34. The molecule has 0 saturated carbocycles. The topological polar surface area (TPSA) is 58.1 Å². The third-order valence-electron chi connectivity index (χ3n) is 5.53. The van der Waals surface area contributed by atoms with Gasteiger partial charge in [0, 0.05) is 31.3 Å². The summed E-state index contributed by atoms with van der Waals surface area (Å²) in [7, 11) is 2.18. The lowest BCUT2D eigenvalue weighted by Crippen LogP contribution is -2.38. The lowest BCUT2D eigenvalue weighted by atomic mass is 10.1. The highest BCUT2D eigenvalue weighted by Gasteiger charge is 2.17. The van der Waals surface area contributed by atoms with Gasteiger partial charge in [-0.15, -0.1) is 0 Å². The van der Waals surface area contributed by atoms with E-state index < -0.39 is 0 Å². The summed E-state index contributed by atoms with van der Waals surface area (Å²) in [5.41, 5.74) is 2.30. The highest BCUT2D eigenvalue weighted by atomic mass is 16.5. The molecule has 30 heavy (non-hydrogen) atoms. The van der Waals surface area contributed by atoms with Crippen molar-refractivity contribution < 1.29 is 9.47 Å². The number of ether oxygens (including phenoxy) is 2. The zero-order valence-electron chi connectivity index (χ0n) is 19.7. The number of rotatable bonds is 12. The van der Waals surface area contributed by atoms with Crippen molar-refractivity contribution in [1.29, 1.82) is 0 Å². The van der Waals surface area contributed by atoms with Gasteiger partial charge in [0.25, 0.3) is 0 Å². The first-order chi connectivity index (χ1) is 14.5. The van der Waals surface area contributed by atoms with Crippen LogP contribution in [0, 0.1) is 6.92 Å². The van der Waals surface area contributed by atoms with E-state index in [1.165, 1.54) is 12.0 Å².